The van der Waals surface area contributed by atoms with Crippen LogP contribution in [0.2, 0.25) is 0 Å². The van der Waals surface area contributed by atoms with Crippen LogP contribution in [0.25, 0.3) is 0 Å². The first-order valence-corrected chi connectivity index (χ1v) is 14.9. The molecule has 4 saturated carbocycles. The van der Waals surface area contributed by atoms with Crippen molar-refractivity contribution in [2.75, 3.05) is 0 Å². The second kappa shape index (κ2) is 13.9. The first kappa shape index (κ1) is 27.5. The van der Waals surface area contributed by atoms with E-state index in [9.17, 15) is 9.59 Å². The number of hydrogen-bond donors (Lipinski definition) is 2. The van der Waals surface area contributed by atoms with Gasteiger partial charge in [-0.3, -0.25) is 9.59 Å². The van der Waals surface area contributed by atoms with Crippen LogP contribution in [-0.2, 0) is 9.59 Å². The molecule has 0 unspecified atom stereocenters. The molecule has 0 aliphatic heterocycles. The van der Waals surface area contributed by atoms with Crippen LogP contribution in [0.15, 0.2) is 0 Å². The van der Waals surface area contributed by atoms with Crippen molar-refractivity contribution in [2.45, 2.75) is 129 Å². The van der Waals surface area contributed by atoms with Crippen molar-refractivity contribution in [1.82, 2.24) is 0 Å². The molecule has 0 radical (unpaired) electrons. The molecule has 0 atom stereocenters. The van der Waals surface area contributed by atoms with Gasteiger partial charge >= 0.3 is 11.9 Å². The Labute approximate surface area is 208 Å². The van der Waals surface area contributed by atoms with E-state index in [1.165, 1.54) is 89.9 Å². The van der Waals surface area contributed by atoms with Gasteiger partial charge in [0.15, 0.2) is 0 Å². The van der Waals surface area contributed by atoms with Gasteiger partial charge in [-0.2, -0.15) is 0 Å². The molecule has 2 N–H and O–H groups in total. The molecule has 4 heteroatoms. The highest BCUT2D eigenvalue weighted by molar-refractivity contribution is 5.70. The Hall–Kier alpha value is -1.06. The summed E-state index contributed by atoms with van der Waals surface area (Å²) >= 11 is 0. The van der Waals surface area contributed by atoms with E-state index in [-0.39, 0.29) is 11.8 Å². The molecule has 34 heavy (non-hydrogen) atoms. The molecule has 4 aliphatic rings. The molecule has 4 fully saturated rings. The SMILES string of the molecule is CCC1CCC(C2CCC(C(=O)O)CC2)CC1.CCC1CCC(C2CCC(C(=O)O)CC2)CC1. The molecule has 0 heterocycles. The van der Waals surface area contributed by atoms with Crippen LogP contribution in [0.3, 0.4) is 0 Å². The van der Waals surface area contributed by atoms with Crippen molar-refractivity contribution < 1.29 is 19.8 Å². The van der Waals surface area contributed by atoms with Crippen LogP contribution >= 0.6 is 0 Å². The van der Waals surface area contributed by atoms with Crippen molar-refractivity contribution in [3.8, 4) is 0 Å². The molecule has 0 amide bonds. The van der Waals surface area contributed by atoms with Crippen LogP contribution in [0.4, 0.5) is 0 Å². The van der Waals surface area contributed by atoms with E-state index in [4.69, 9.17) is 10.2 Å². The highest BCUT2D eigenvalue weighted by Crippen LogP contribution is 2.43. The Morgan fingerprint density at radius 1 is 0.471 bits per heavy atom. The second-order valence-electron chi connectivity index (χ2n) is 12.3. The van der Waals surface area contributed by atoms with E-state index in [1.807, 2.05) is 0 Å². The van der Waals surface area contributed by atoms with Crippen LogP contribution in [-0.4, -0.2) is 22.2 Å². The highest BCUT2D eigenvalue weighted by Gasteiger charge is 2.33. The Morgan fingerprint density at radius 3 is 0.912 bits per heavy atom. The van der Waals surface area contributed by atoms with Crippen molar-refractivity contribution >= 4 is 11.9 Å². The average Bonchev–Trinajstić information content (AvgIpc) is 2.89. The zero-order valence-electron chi connectivity index (χ0n) is 22.1. The van der Waals surface area contributed by atoms with E-state index in [2.05, 4.69) is 13.8 Å². The van der Waals surface area contributed by atoms with Crippen LogP contribution < -0.4 is 0 Å². The molecular weight excluding hydrogens is 424 g/mol. The van der Waals surface area contributed by atoms with Gasteiger partial charge in [0.05, 0.1) is 11.8 Å². The largest absolute Gasteiger partial charge is 0.481 e. The van der Waals surface area contributed by atoms with E-state index in [0.29, 0.717) is 0 Å². The van der Waals surface area contributed by atoms with Crippen molar-refractivity contribution in [3.05, 3.63) is 0 Å². The Kier molecular flexibility index (Phi) is 11.2. The minimum atomic E-state index is -0.571. The summed E-state index contributed by atoms with van der Waals surface area (Å²) in [4.78, 5) is 21.8. The standard InChI is InChI=1S/2C15H26O2/c2*1-2-11-3-5-12(6-4-11)13-7-9-14(10-8-13)15(16)17/h2*11-14H,2-10H2,1H3,(H,16,17). The molecule has 0 aromatic rings. The summed E-state index contributed by atoms with van der Waals surface area (Å²) in [6, 6.07) is 0. The monoisotopic (exact) mass is 476 g/mol. The van der Waals surface area contributed by atoms with E-state index >= 15 is 0 Å². The summed E-state index contributed by atoms with van der Waals surface area (Å²) in [6.07, 6.45) is 22.3. The third-order valence-corrected chi connectivity index (χ3v) is 10.5. The summed E-state index contributed by atoms with van der Waals surface area (Å²) < 4.78 is 0. The molecule has 0 spiro atoms. The van der Waals surface area contributed by atoms with Gasteiger partial charge in [-0.1, -0.05) is 52.4 Å². The first-order chi connectivity index (χ1) is 16.4. The molecular formula is C30H52O4. The maximum Gasteiger partial charge on any atom is 0.306 e. The van der Waals surface area contributed by atoms with Crippen LogP contribution in [0.5, 0.6) is 0 Å². The first-order valence-electron chi connectivity index (χ1n) is 14.9. The third-order valence-electron chi connectivity index (χ3n) is 10.5. The maximum atomic E-state index is 10.9. The Morgan fingerprint density at radius 2 is 0.706 bits per heavy atom. The number of hydrogen-bond acceptors (Lipinski definition) is 2. The number of aliphatic carboxylic acids is 2. The number of carboxylic acid groups (broad SMARTS) is 2. The Bertz CT molecular complexity index is 545. The van der Waals surface area contributed by atoms with Crippen LogP contribution in [0, 0.1) is 47.3 Å². The quantitative estimate of drug-likeness (QED) is 0.405. The van der Waals surface area contributed by atoms with E-state index in [1.54, 1.807) is 0 Å². The number of rotatable bonds is 6. The van der Waals surface area contributed by atoms with Gasteiger partial charge in [-0.25, -0.2) is 0 Å². The maximum absolute atomic E-state index is 10.9. The molecule has 0 aromatic heterocycles. The summed E-state index contributed by atoms with van der Waals surface area (Å²) in [5.41, 5.74) is 0. The lowest BCUT2D eigenvalue weighted by Gasteiger charge is -2.36. The molecule has 0 saturated heterocycles. The smallest absolute Gasteiger partial charge is 0.306 e. The summed E-state index contributed by atoms with van der Waals surface area (Å²) in [5.74, 6) is 4.21. The van der Waals surface area contributed by atoms with Gasteiger partial charge in [-0.05, 0) is 113 Å². The molecule has 0 aromatic carbocycles. The van der Waals surface area contributed by atoms with Gasteiger partial charge in [0.1, 0.15) is 0 Å². The molecule has 4 nitrogen and oxygen atoms in total. The fraction of sp³-hybridized carbons (Fsp3) is 0.933. The second-order valence-corrected chi connectivity index (χ2v) is 12.3. The minimum Gasteiger partial charge on any atom is -0.481 e. The topological polar surface area (TPSA) is 74.6 Å². The fourth-order valence-corrected chi connectivity index (χ4v) is 7.81. The van der Waals surface area contributed by atoms with Gasteiger partial charge < -0.3 is 10.2 Å². The lowest BCUT2D eigenvalue weighted by atomic mass is 9.69. The average molecular weight is 477 g/mol. The number of carbonyl (C=O) groups is 2. The predicted molar refractivity (Wildman–Crippen MR) is 138 cm³/mol. The van der Waals surface area contributed by atoms with Crippen molar-refractivity contribution in [1.29, 1.82) is 0 Å². The predicted octanol–water partition coefficient (Wildman–Crippen LogP) is 8.19. The molecule has 0 bridgehead atoms. The van der Waals surface area contributed by atoms with Crippen molar-refractivity contribution in [2.24, 2.45) is 47.3 Å². The molecule has 4 aliphatic carbocycles. The Balaban J connectivity index is 0.000000191. The fourth-order valence-electron chi connectivity index (χ4n) is 7.81. The van der Waals surface area contributed by atoms with E-state index < -0.39 is 11.9 Å². The number of carboxylic acids is 2. The normalized spacial score (nSPS) is 38.9. The minimum absolute atomic E-state index is 0.0433. The molecule has 196 valence electrons. The zero-order chi connectivity index (χ0) is 24.5. The zero-order valence-corrected chi connectivity index (χ0v) is 22.1. The lowest BCUT2D eigenvalue weighted by molar-refractivity contribution is -0.144. The van der Waals surface area contributed by atoms with E-state index in [0.717, 1.165) is 61.2 Å². The molecule has 4 rings (SSSR count). The third kappa shape index (κ3) is 7.98. The summed E-state index contributed by atoms with van der Waals surface area (Å²) in [5, 5.41) is 18.0. The van der Waals surface area contributed by atoms with Gasteiger partial charge in [0.2, 0.25) is 0 Å². The van der Waals surface area contributed by atoms with Gasteiger partial charge in [0.25, 0.3) is 0 Å². The van der Waals surface area contributed by atoms with Crippen molar-refractivity contribution in [3.63, 3.8) is 0 Å². The highest BCUT2D eigenvalue weighted by atomic mass is 16.4. The van der Waals surface area contributed by atoms with Gasteiger partial charge in [-0.15, -0.1) is 0 Å². The summed E-state index contributed by atoms with van der Waals surface area (Å²) in [6.45, 7) is 4.62. The van der Waals surface area contributed by atoms with Gasteiger partial charge in [0, 0.05) is 0 Å². The lowest BCUT2D eigenvalue weighted by Crippen LogP contribution is -2.28. The summed E-state index contributed by atoms with van der Waals surface area (Å²) in [7, 11) is 0. The van der Waals surface area contributed by atoms with Crippen LogP contribution in [0.1, 0.15) is 129 Å².